The Kier molecular flexibility index (Phi) is 101. The maximum atomic E-state index is 10.9. The first-order valence-corrected chi connectivity index (χ1v) is 56.5. The number of cyclic esters (lactones) is 1. The first-order valence-electron chi connectivity index (χ1n) is 56.5. The second-order valence-electron chi connectivity index (χ2n) is 58.1. The maximum Gasteiger partial charge on any atom is 0.410 e. The molecule has 0 unspecified atom stereocenters. The van der Waals surface area contributed by atoms with Crippen LogP contribution in [0.5, 0.6) is 0 Å². The van der Waals surface area contributed by atoms with E-state index in [2.05, 4.69) is 410 Å². The third-order valence-electron chi connectivity index (χ3n) is 13.8. The number of nitrogens with one attached hydrogen (secondary N) is 7. The molecule has 8 aliphatic rings. The van der Waals surface area contributed by atoms with Crippen molar-refractivity contribution >= 4 is 39.9 Å². The Morgan fingerprint density at radius 2 is 0.584 bits per heavy atom. The van der Waals surface area contributed by atoms with Crippen LogP contribution in [-0.4, -0.2) is 163 Å². The van der Waals surface area contributed by atoms with Crippen molar-refractivity contribution in [3.8, 4) is 0 Å². The fraction of sp³-hybridized carbons (Fsp3) is 0.731. The molecule has 0 spiro atoms. The topological polar surface area (TPSA) is 230 Å². The molecule has 7 fully saturated rings. The van der Waals surface area contributed by atoms with Crippen LogP contribution >= 0.6 is 0 Å². The molecule has 19 heteroatoms. The van der Waals surface area contributed by atoms with E-state index >= 15 is 0 Å². The van der Waals surface area contributed by atoms with Crippen molar-refractivity contribution in [1.29, 1.82) is 0 Å². The van der Waals surface area contributed by atoms with Gasteiger partial charge in [0.1, 0.15) is 6.61 Å². The van der Waals surface area contributed by atoms with E-state index < -0.39 is 0 Å². The Morgan fingerprint density at radius 1 is 0.289 bits per heavy atom. The number of piperidine rings is 1. The van der Waals surface area contributed by atoms with Crippen molar-refractivity contribution in [2.75, 3.05) is 105 Å². The molecule has 870 valence electrons. The van der Waals surface area contributed by atoms with Gasteiger partial charge in [-0.05, 0) is 217 Å². The Bertz CT molecular complexity index is 3410. The Morgan fingerprint density at radius 3 is 0.799 bits per heavy atom. The summed E-state index contributed by atoms with van der Waals surface area (Å²) >= 11 is 0. The molecule has 16 rings (SSSR count). The van der Waals surface area contributed by atoms with E-state index in [4.69, 9.17) is 14.2 Å². The number of piperazine rings is 1. The first-order chi connectivity index (χ1) is 67.9. The summed E-state index contributed by atoms with van der Waals surface area (Å²) in [5.41, 5.74) is 11.4. The second-order valence-corrected chi connectivity index (χ2v) is 58.1. The minimum atomic E-state index is -0.187. The van der Waals surface area contributed by atoms with E-state index in [1.165, 1.54) is 122 Å². The van der Waals surface area contributed by atoms with Crippen LogP contribution in [-0.2, 0) is 20.6 Å². The quantitative estimate of drug-likeness (QED) is 0.0700. The number of carbonyl (C=O) groups is 1. The first kappa shape index (κ1) is 159. The van der Waals surface area contributed by atoms with Gasteiger partial charge in [0.25, 0.3) is 0 Å². The number of nitrogens with zero attached hydrogens (tertiary/aromatic N) is 7. The van der Waals surface area contributed by atoms with Crippen molar-refractivity contribution in [3.63, 3.8) is 0 Å². The van der Waals surface area contributed by atoms with E-state index in [-0.39, 0.29) is 11.6 Å². The summed E-state index contributed by atoms with van der Waals surface area (Å²) < 4.78 is 19.3. The van der Waals surface area contributed by atoms with Crippen LogP contribution in [0.3, 0.4) is 0 Å². The van der Waals surface area contributed by atoms with Gasteiger partial charge in [0.2, 0.25) is 0 Å². The lowest BCUT2D eigenvalue weighted by Gasteiger charge is -2.28. The number of H-pyrrole nitrogens is 2. The van der Waals surface area contributed by atoms with Gasteiger partial charge in [-0.15, -0.1) is 0 Å². The number of aromatic amines is 2. The lowest BCUT2D eigenvalue weighted by atomic mass is 10.0. The van der Waals surface area contributed by atoms with Gasteiger partial charge in [-0.1, -0.05) is 432 Å². The van der Waals surface area contributed by atoms with E-state index in [1.54, 1.807) is 42.2 Å². The van der Waals surface area contributed by atoms with E-state index in [9.17, 15) is 4.79 Å². The fourth-order valence-corrected chi connectivity index (χ4v) is 8.90. The van der Waals surface area contributed by atoms with Gasteiger partial charge in [-0.3, -0.25) is 25.0 Å². The summed E-state index contributed by atoms with van der Waals surface area (Å²) in [6.45, 7) is 128. The van der Waals surface area contributed by atoms with Crippen LogP contribution in [0.2, 0.25) is 0 Å². The molecule has 7 N–H and O–H groups in total. The summed E-state index contributed by atoms with van der Waals surface area (Å²) in [6, 6.07) is 35.2. The van der Waals surface area contributed by atoms with Crippen molar-refractivity contribution in [3.05, 3.63) is 171 Å². The molecule has 12 heterocycles. The predicted octanol–water partition coefficient (Wildman–Crippen LogP) is 37.2. The van der Waals surface area contributed by atoms with Crippen LogP contribution in [0.4, 0.5) is 10.5 Å². The molecule has 19 nitrogen and oxygen atoms in total. The van der Waals surface area contributed by atoms with E-state index in [1.807, 2.05) is 149 Å². The summed E-state index contributed by atoms with van der Waals surface area (Å²) in [7, 11) is 0. The Labute approximate surface area is 925 Å². The summed E-state index contributed by atoms with van der Waals surface area (Å²) in [6.07, 6.45) is 38.3. The highest BCUT2D eigenvalue weighted by Gasteiger charge is 2.31. The van der Waals surface area contributed by atoms with E-state index in [0.717, 1.165) is 106 Å². The molecule has 7 aliphatic heterocycles. The van der Waals surface area contributed by atoms with Crippen molar-refractivity contribution in [2.24, 2.45) is 70.0 Å². The molecular formula is C130H250N14O5. The van der Waals surface area contributed by atoms with Crippen molar-refractivity contribution in [1.82, 2.24) is 66.8 Å². The molecule has 1 saturated carbocycles. The number of aliphatic imine (C=N–C) groups is 1. The highest BCUT2D eigenvalue weighted by molar-refractivity contribution is 5.77. The number of hydrogen-bond acceptors (Lipinski definition) is 16. The number of aromatic nitrogens is 7. The standard InChI is InChI=1S/C8H6N2.C8H7N.C7H6N2.C7H13NO2.C7H14.C5H11N.12C5H12.C4H10N2.C4H4N2.C4H9NO.C4H9N.C4H5N.C4H8O.C4H4O/c1-2-4-8-7(3-1)9-5-6-10-8;1-2-4-8-7(3-1)5-6-9-8;1-2-4-7-6(3-1)5-8-9-7;1-7(2,3)8-4-5-10-6(8)9;1-2-4-6-7-5-3-1;1-2-4-6-5-3-1;12*1-5(2,3)4;1-2-6-4-3-5-1;1-2-4-6-5-3-1;1-3-6-4-2-5-1;4*1-2-4-5-3-1/h1-6H;1-4,6H,5H2;1-5H,(H,8,9);4-5H2,1-3H3;1-7H2;6H,1-5H2;12*1-4H3;5-6H,1-4H2;1-4H;5H,1-4H2;5H,1-4H2;1-5H;1-4H2;1-4H. The molecular weight excluding hydrogens is 1840 g/mol. The van der Waals surface area contributed by atoms with Crippen LogP contribution in [0.1, 0.15) is 449 Å². The summed E-state index contributed by atoms with van der Waals surface area (Å²) in [5.74, 6) is 0. The molecule has 5 aromatic heterocycles. The van der Waals surface area contributed by atoms with Crippen LogP contribution in [0.25, 0.3) is 21.9 Å². The molecule has 149 heavy (non-hydrogen) atoms. The number of amides is 1. The lowest BCUT2D eigenvalue weighted by molar-refractivity contribution is 0.109. The lowest BCUT2D eigenvalue weighted by Crippen LogP contribution is -2.41. The number of morpholine rings is 1. The number of hydrogen-bond donors (Lipinski definition) is 7. The Balaban J connectivity index is -0.000000197. The highest BCUT2D eigenvalue weighted by atomic mass is 16.6. The van der Waals surface area contributed by atoms with Crippen molar-refractivity contribution < 1.29 is 23.4 Å². The van der Waals surface area contributed by atoms with Crippen LogP contribution in [0.15, 0.2) is 175 Å². The van der Waals surface area contributed by atoms with Gasteiger partial charge >= 0.3 is 6.09 Å². The highest BCUT2D eigenvalue weighted by Crippen LogP contribution is 2.24. The minimum absolute atomic E-state index is 0.0897. The number of carbonyl (C=O) groups excluding carboxylic acids is 1. The number of benzene rings is 3. The number of para-hydroxylation sites is 4. The molecule has 0 bridgehead atoms. The van der Waals surface area contributed by atoms with Gasteiger partial charge < -0.3 is 50.2 Å². The normalized spacial score (nSPS) is 14.8. The SMILES string of the molecule is C1=Nc2ccccc2C1.C1CCCCCC1.C1CCNC1.C1CCNCC1.C1CCOC1.C1CNCCN1.C1COCCN1.CC(C)(C)C.CC(C)(C)C.CC(C)(C)C.CC(C)(C)C.CC(C)(C)C.CC(C)(C)C.CC(C)(C)C.CC(C)(C)C.CC(C)(C)C.CC(C)(C)C.CC(C)(C)C.CC(C)(C)C.CC(C)(C)N1CCOC1=O.c1cc[nH]c1.c1ccc2[nH]ncc2c1.c1ccc2nccnc2c1.c1ccnnc1.c1ccoc1. The third kappa shape index (κ3) is 217. The van der Waals surface area contributed by atoms with Gasteiger partial charge in [0.15, 0.2) is 0 Å². The predicted molar refractivity (Wildman–Crippen MR) is 665 cm³/mol. The molecule has 1 aliphatic carbocycles. The minimum Gasteiger partial charge on any atom is -0.473 e. The van der Waals surface area contributed by atoms with Gasteiger partial charge in [-0.2, -0.15) is 15.3 Å². The van der Waals surface area contributed by atoms with E-state index in [0.29, 0.717) is 71.6 Å². The fourth-order valence-electron chi connectivity index (χ4n) is 8.90. The number of furan rings is 1. The zero-order valence-corrected chi connectivity index (χ0v) is 108. The van der Waals surface area contributed by atoms with Crippen LogP contribution in [0, 0.1) is 65.0 Å². The number of fused-ring (bicyclic) bond motifs is 3. The maximum absolute atomic E-state index is 10.9. The Hall–Kier alpha value is -7.23. The van der Waals surface area contributed by atoms with Gasteiger partial charge in [0, 0.05) is 113 Å². The number of rotatable bonds is 0. The zero-order valence-electron chi connectivity index (χ0n) is 108. The van der Waals surface area contributed by atoms with Crippen molar-refractivity contribution in [2.45, 2.75) is 455 Å². The molecule has 1 amide bonds. The average molecular weight is 2090 g/mol. The number of ether oxygens (including phenoxy) is 3. The monoisotopic (exact) mass is 2090 g/mol. The molecule has 0 radical (unpaired) electrons. The largest absolute Gasteiger partial charge is 0.473 e. The van der Waals surface area contributed by atoms with Gasteiger partial charge in [-0.25, -0.2) is 4.79 Å². The zero-order chi connectivity index (χ0) is 117. The summed E-state index contributed by atoms with van der Waals surface area (Å²) in [5, 5.41) is 31.1. The molecule has 8 aromatic rings. The third-order valence-corrected chi connectivity index (χ3v) is 13.8. The molecule has 6 saturated heterocycles. The van der Waals surface area contributed by atoms with Gasteiger partial charge in [0.05, 0.1) is 60.7 Å². The molecule has 3 aromatic carbocycles. The van der Waals surface area contributed by atoms with Crippen LogP contribution < -0.4 is 26.6 Å². The molecule has 0 atom stereocenters. The smallest absolute Gasteiger partial charge is 0.410 e. The summed E-state index contributed by atoms with van der Waals surface area (Å²) in [4.78, 5) is 27.9. The second kappa shape index (κ2) is 94.3. The average Bonchev–Trinajstić information content (AvgIpc) is 1.75.